The highest BCUT2D eigenvalue weighted by Gasteiger charge is 2.22. The van der Waals surface area contributed by atoms with Crippen LogP contribution in [0, 0.1) is 6.92 Å². The number of nitrogens with one attached hydrogen (secondary N) is 1. The summed E-state index contributed by atoms with van der Waals surface area (Å²) in [5.41, 5.74) is 3.02. The minimum Gasteiger partial charge on any atom is -0.323 e. The van der Waals surface area contributed by atoms with Crippen molar-refractivity contribution in [2.24, 2.45) is 0 Å². The summed E-state index contributed by atoms with van der Waals surface area (Å²) in [5.74, 6) is 0.302. The lowest BCUT2D eigenvalue weighted by molar-refractivity contribution is -0.114. The van der Waals surface area contributed by atoms with Crippen LogP contribution in [0.1, 0.15) is 11.1 Å². The number of para-hydroxylation sites is 2. The molecule has 1 N–H and O–H groups in total. The van der Waals surface area contributed by atoms with Gasteiger partial charge in [-0.15, -0.1) is 11.8 Å². The molecule has 0 bridgehead atoms. The Bertz CT molecular complexity index is 1170. The molecule has 0 saturated carbocycles. The normalized spacial score (nSPS) is 11.2. The third-order valence-electron chi connectivity index (χ3n) is 4.54. The minimum atomic E-state index is -3.63. The van der Waals surface area contributed by atoms with Crippen molar-refractivity contribution in [3.63, 3.8) is 0 Å². The van der Waals surface area contributed by atoms with Crippen LogP contribution >= 0.6 is 23.4 Å². The van der Waals surface area contributed by atoms with E-state index in [-0.39, 0.29) is 6.54 Å². The average molecular weight is 475 g/mol. The zero-order valence-electron chi connectivity index (χ0n) is 17.2. The molecule has 0 radical (unpaired) electrons. The summed E-state index contributed by atoms with van der Waals surface area (Å²) in [6.45, 7) is 1.51. The van der Waals surface area contributed by atoms with Crippen molar-refractivity contribution in [2.45, 2.75) is 17.6 Å². The smallest absolute Gasteiger partial charge is 0.245 e. The van der Waals surface area contributed by atoms with E-state index in [1.807, 2.05) is 61.5 Å². The molecule has 0 atom stereocenters. The number of hydrogen-bond donors (Lipinski definition) is 1. The van der Waals surface area contributed by atoms with Gasteiger partial charge in [0.1, 0.15) is 6.54 Å². The number of amides is 1. The van der Waals surface area contributed by atoms with E-state index >= 15 is 0 Å². The Balaban J connectivity index is 1.74. The predicted molar refractivity (Wildman–Crippen MR) is 129 cm³/mol. The van der Waals surface area contributed by atoms with Gasteiger partial charge in [0.2, 0.25) is 15.9 Å². The largest absolute Gasteiger partial charge is 0.323 e. The van der Waals surface area contributed by atoms with Gasteiger partial charge in [-0.3, -0.25) is 9.10 Å². The van der Waals surface area contributed by atoms with Crippen molar-refractivity contribution < 1.29 is 13.2 Å². The van der Waals surface area contributed by atoms with Gasteiger partial charge >= 0.3 is 0 Å². The Morgan fingerprint density at radius 3 is 2.32 bits per heavy atom. The molecule has 3 aromatic rings. The first-order valence-electron chi connectivity index (χ1n) is 9.53. The summed E-state index contributed by atoms with van der Waals surface area (Å²) in [4.78, 5) is 13.7. The van der Waals surface area contributed by atoms with E-state index in [4.69, 9.17) is 11.6 Å². The molecule has 8 heteroatoms. The molecule has 0 unspecified atom stereocenters. The van der Waals surface area contributed by atoms with Crippen molar-refractivity contribution >= 4 is 50.7 Å². The molecule has 0 aliphatic heterocycles. The fourth-order valence-electron chi connectivity index (χ4n) is 2.98. The van der Waals surface area contributed by atoms with Crippen LogP contribution in [-0.2, 0) is 20.6 Å². The molecule has 0 aliphatic carbocycles. The van der Waals surface area contributed by atoms with E-state index in [1.165, 1.54) is 0 Å². The lowest BCUT2D eigenvalue weighted by Crippen LogP contribution is -2.37. The Morgan fingerprint density at radius 1 is 1.00 bits per heavy atom. The van der Waals surface area contributed by atoms with Crippen molar-refractivity contribution in [2.75, 3.05) is 22.4 Å². The zero-order valence-corrected chi connectivity index (χ0v) is 19.6. The van der Waals surface area contributed by atoms with Crippen LogP contribution in [0.4, 0.5) is 11.4 Å². The number of carbonyl (C=O) groups is 1. The average Bonchev–Trinajstić information content (AvgIpc) is 2.72. The van der Waals surface area contributed by atoms with Gasteiger partial charge in [0.05, 0.1) is 17.6 Å². The molecule has 3 rings (SSSR count). The van der Waals surface area contributed by atoms with Gasteiger partial charge in [0.25, 0.3) is 0 Å². The molecule has 31 heavy (non-hydrogen) atoms. The zero-order chi connectivity index (χ0) is 22.4. The number of halogens is 1. The number of rotatable bonds is 8. The molecular weight excluding hydrogens is 452 g/mol. The van der Waals surface area contributed by atoms with Gasteiger partial charge in [0, 0.05) is 15.7 Å². The Labute approximate surface area is 192 Å². The van der Waals surface area contributed by atoms with Crippen LogP contribution in [0.25, 0.3) is 0 Å². The van der Waals surface area contributed by atoms with Crippen LogP contribution in [0.15, 0.2) is 77.7 Å². The van der Waals surface area contributed by atoms with Crippen molar-refractivity contribution in [3.05, 3.63) is 88.9 Å². The molecule has 0 aromatic heterocycles. The highest BCUT2D eigenvalue weighted by molar-refractivity contribution is 7.98. The highest BCUT2D eigenvalue weighted by Crippen LogP contribution is 2.30. The van der Waals surface area contributed by atoms with E-state index < -0.39 is 15.9 Å². The number of aryl methyl sites for hydroxylation is 1. The molecule has 5 nitrogen and oxygen atoms in total. The van der Waals surface area contributed by atoms with E-state index in [9.17, 15) is 13.2 Å². The van der Waals surface area contributed by atoms with Crippen LogP contribution in [0.3, 0.4) is 0 Å². The van der Waals surface area contributed by atoms with Crippen molar-refractivity contribution in [1.29, 1.82) is 0 Å². The second-order valence-electron chi connectivity index (χ2n) is 7.02. The highest BCUT2D eigenvalue weighted by atomic mass is 35.5. The Kier molecular flexibility index (Phi) is 7.64. The first-order chi connectivity index (χ1) is 14.7. The first-order valence-corrected chi connectivity index (χ1v) is 12.7. The number of thioether (sulfide) groups is 1. The molecular formula is C23H23ClN2O3S2. The van der Waals surface area contributed by atoms with Crippen LogP contribution in [0.5, 0.6) is 0 Å². The molecule has 0 saturated heterocycles. The van der Waals surface area contributed by atoms with Crippen LogP contribution < -0.4 is 9.62 Å². The van der Waals surface area contributed by atoms with E-state index in [0.717, 1.165) is 26.6 Å². The third kappa shape index (κ3) is 6.50. The number of carbonyl (C=O) groups excluding carboxylic acids is 1. The molecule has 3 aromatic carbocycles. The predicted octanol–water partition coefficient (Wildman–Crippen LogP) is 5.35. The Hall–Kier alpha value is -2.48. The fraction of sp³-hybridized carbons (Fsp3) is 0.174. The van der Waals surface area contributed by atoms with Crippen molar-refractivity contribution in [3.8, 4) is 0 Å². The number of nitrogens with zero attached hydrogens (tertiary/aromatic N) is 1. The number of hydrogen-bond acceptors (Lipinski definition) is 4. The van der Waals surface area contributed by atoms with E-state index in [0.29, 0.717) is 22.2 Å². The van der Waals surface area contributed by atoms with Crippen LogP contribution in [-0.4, -0.2) is 27.1 Å². The third-order valence-corrected chi connectivity index (χ3v) is 7.06. The maximum absolute atomic E-state index is 12.8. The lowest BCUT2D eigenvalue weighted by Gasteiger charge is -2.23. The van der Waals surface area contributed by atoms with Gasteiger partial charge < -0.3 is 5.32 Å². The quantitative estimate of drug-likeness (QED) is 0.447. The number of benzene rings is 3. The summed E-state index contributed by atoms with van der Waals surface area (Å²) >= 11 is 7.52. The number of anilines is 2. The fourth-order valence-corrected chi connectivity index (χ4v) is 4.99. The summed E-state index contributed by atoms with van der Waals surface area (Å²) in [6.07, 6.45) is 1.10. The van der Waals surface area contributed by atoms with Crippen LogP contribution in [0.2, 0.25) is 5.02 Å². The maximum Gasteiger partial charge on any atom is 0.245 e. The number of sulfonamides is 1. The van der Waals surface area contributed by atoms with E-state index in [1.54, 1.807) is 30.0 Å². The standard InChI is InChI=1S/C23H23ClN2O3S2/c1-17-7-3-5-9-21(17)26(31(2,28)29)15-23(27)25-20-8-4-6-10-22(20)30-16-18-11-13-19(24)14-12-18/h3-14H,15-16H2,1-2H3,(H,25,27). The van der Waals surface area contributed by atoms with Gasteiger partial charge in [-0.25, -0.2) is 8.42 Å². The van der Waals surface area contributed by atoms with Gasteiger partial charge in [-0.1, -0.05) is 54.1 Å². The molecule has 1 amide bonds. The summed E-state index contributed by atoms with van der Waals surface area (Å²) < 4.78 is 25.8. The lowest BCUT2D eigenvalue weighted by atomic mass is 10.2. The van der Waals surface area contributed by atoms with Gasteiger partial charge in [0.15, 0.2) is 0 Å². The topological polar surface area (TPSA) is 66.5 Å². The summed E-state index contributed by atoms with van der Waals surface area (Å²) in [7, 11) is -3.63. The monoisotopic (exact) mass is 474 g/mol. The molecule has 0 spiro atoms. The second-order valence-corrected chi connectivity index (χ2v) is 10.4. The van der Waals surface area contributed by atoms with Crippen molar-refractivity contribution in [1.82, 2.24) is 0 Å². The summed E-state index contributed by atoms with van der Waals surface area (Å²) in [6, 6.07) is 22.2. The molecule has 0 fully saturated rings. The Morgan fingerprint density at radius 2 is 1.65 bits per heavy atom. The molecule has 0 aliphatic rings. The van der Waals surface area contributed by atoms with E-state index in [2.05, 4.69) is 5.32 Å². The maximum atomic E-state index is 12.8. The minimum absolute atomic E-state index is 0.306. The second kappa shape index (κ2) is 10.2. The summed E-state index contributed by atoms with van der Waals surface area (Å²) in [5, 5.41) is 3.55. The van der Waals surface area contributed by atoms with Gasteiger partial charge in [-0.05, 0) is 48.4 Å². The van der Waals surface area contributed by atoms with Gasteiger partial charge in [-0.2, -0.15) is 0 Å². The SMILES string of the molecule is Cc1ccccc1N(CC(=O)Nc1ccccc1SCc1ccc(Cl)cc1)S(C)(=O)=O. The molecule has 0 heterocycles. The molecule has 162 valence electrons. The first kappa shape index (κ1) is 23.2.